The minimum atomic E-state index is -4.94. The third-order valence-corrected chi connectivity index (χ3v) is 3.51. The molecule has 0 atom stereocenters. The van der Waals surface area contributed by atoms with E-state index in [-0.39, 0.29) is 0 Å². The topological polar surface area (TPSA) is 48.0 Å². The van der Waals surface area contributed by atoms with Crippen LogP contribution >= 0.6 is 0 Å². The molecule has 1 aliphatic rings. The SMILES string of the molecule is COCCCCCOCC1CCN(OC(=O)C(F)(F)F)CC1. The first kappa shape index (κ1) is 19.2. The molecule has 1 saturated heterocycles. The lowest BCUT2D eigenvalue weighted by Crippen LogP contribution is -2.40. The number of hydrogen-bond acceptors (Lipinski definition) is 5. The van der Waals surface area contributed by atoms with E-state index < -0.39 is 12.1 Å². The largest absolute Gasteiger partial charge is 0.492 e. The predicted octanol–water partition coefficient (Wildman–Crippen LogP) is 2.55. The van der Waals surface area contributed by atoms with E-state index in [0.29, 0.717) is 45.1 Å². The third-order valence-electron chi connectivity index (χ3n) is 3.51. The summed E-state index contributed by atoms with van der Waals surface area (Å²) >= 11 is 0. The molecule has 22 heavy (non-hydrogen) atoms. The fourth-order valence-corrected chi connectivity index (χ4v) is 2.21. The smallest absolute Gasteiger partial charge is 0.385 e. The number of hydroxylamine groups is 2. The zero-order valence-corrected chi connectivity index (χ0v) is 12.9. The maximum Gasteiger partial charge on any atom is 0.492 e. The summed E-state index contributed by atoms with van der Waals surface area (Å²) in [6, 6.07) is 0. The van der Waals surface area contributed by atoms with E-state index >= 15 is 0 Å². The van der Waals surface area contributed by atoms with Gasteiger partial charge in [0, 0.05) is 40.0 Å². The van der Waals surface area contributed by atoms with Gasteiger partial charge in [-0.1, -0.05) is 0 Å². The molecule has 0 aromatic heterocycles. The summed E-state index contributed by atoms with van der Waals surface area (Å²) in [5.41, 5.74) is 0. The van der Waals surface area contributed by atoms with Crippen molar-refractivity contribution in [1.29, 1.82) is 0 Å². The molecule has 1 heterocycles. The molecule has 1 fully saturated rings. The van der Waals surface area contributed by atoms with E-state index in [4.69, 9.17) is 9.47 Å². The number of unbranched alkanes of at least 4 members (excludes halogenated alkanes) is 2. The first-order valence-electron chi connectivity index (χ1n) is 7.54. The highest BCUT2D eigenvalue weighted by Crippen LogP contribution is 2.21. The summed E-state index contributed by atoms with van der Waals surface area (Å²) < 4.78 is 46.7. The fraction of sp³-hybridized carbons (Fsp3) is 0.929. The summed E-state index contributed by atoms with van der Waals surface area (Å²) in [6.45, 7) is 2.67. The van der Waals surface area contributed by atoms with Gasteiger partial charge in [-0.3, -0.25) is 0 Å². The molecule has 0 saturated carbocycles. The van der Waals surface area contributed by atoms with Gasteiger partial charge >= 0.3 is 12.1 Å². The molecule has 1 aliphatic heterocycles. The summed E-state index contributed by atoms with van der Waals surface area (Å²) in [7, 11) is 1.68. The molecule has 0 unspecified atom stereocenters. The van der Waals surface area contributed by atoms with Crippen molar-refractivity contribution in [2.24, 2.45) is 5.92 Å². The Morgan fingerprint density at radius 2 is 1.77 bits per heavy atom. The van der Waals surface area contributed by atoms with Crippen molar-refractivity contribution in [3.05, 3.63) is 0 Å². The van der Waals surface area contributed by atoms with Crippen molar-refractivity contribution in [3.63, 3.8) is 0 Å². The quantitative estimate of drug-likeness (QED) is 0.609. The maximum absolute atomic E-state index is 12.1. The van der Waals surface area contributed by atoms with Gasteiger partial charge in [-0.15, -0.1) is 5.06 Å². The van der Waals surface area contributed by atoms with Gasteiger partial charge in [0.1, 0.15) is 0 Å². The Morgan fingerprint density at radius 1 is 1.14 bits per heavy atom. The molecule has 1 rings (SSSR count). The fourth-order valence-electron chi connectivity index (χ4n) is 2.21. The summed E-state index contributed by atoms with van der Waals surface area (Å²) in [4.78, 5) is 15.0. The summed E-state index contributed by atoms with van der Waals surface area (Å²) in [5.74, 6) is -1.85. The Hall–Kier alpha value is -0.860. The Kier molecular flexibility index (Phi) is 8.74. The first-order chi connectivity index (χ1) is 10.4. The normalized spacial score (nSPS) is 17.6. The molecule has 5 nitrogen and oxygen atoms in total. The highest BCUT2D eigenvalue weighted by Gasteiger charge is 2.42. The Morgan fingerprint density at radius 3 is 2.36 bits per heavy atom. The van der Waals surface area contributed by atoms with Crippen molar-refractivity contribution in [3.8, 4) is 0 Å². The Labute approximate surface area is 128 Å². The predicted molar refractivity (Wildman–Crippen MR) is 73.0 cm³/mol. The van der Waals surface area contributed by atoms with E-state index in [9.17, 15) is 18.0 Å². The highest BCUT2D eigenvalue weighted by atomic mass is 19.4. The monoisotopic (exact) mass is 327 g/mol. The number of carbonyl (C=O) groups excluding carboxylic acids is 1. The molecule has 8 heteroatoms. The van der Waals surface area contributed by atoms with Crippen LogP contribution in [0.4, 0.5) is 13.2 Å². The van der Waals surface area contributed by atoms with Gasteiger partial charge in [0.15, 0.2) is 0 Å². The van der Waals surface area contributed by atoms with E-state index in [1.165, 1.54) is 0 Å². The second kappa shape index (κ2) is 10.0. The molecule has 0 radical (unpaired) electrons. The van der Waals surface area contributed by atoms with Gasteiger partial charge in [-0.05, 0) is 38.0 Å². The van der Waals surface area contributed by atoms with Crippen molar-refractivity contribution in [2.45, 2.75) is 38.3 Å². The van der Waals surface area contributed by atoms with Gasteiger partial charge in [0.05, 0.1) is 0 Å². The van der Waals surface area contributed by atoms with Crippen LogP contribution in [0.1, 0.15) is 32.1 Å². The summed E-state index contributed by atoms with van der Waals surface area (Å²) in [5, 5.41) is 1.08. The molecule has 0 N–H and O–H groups in total. The maximum atomic E-state index is 12.1. The van der Waals surface area contributed by atoms with Gasteiger partial charge < -0.3 is 14.3 Å². The van der Waals surface area contributed by atoms with Crippen LogP contribution in [-0.4, -0.2) is 57.2 Å². The average Bonchev–Trinajstić information content (AvgIpc) is 2.47. The van der Waals surface area contributed by atoms with E-state index in [2.05, 4.69) is 4.84 Å². The Bertz CT molecular complexity index is 318. The van der Waals surface area contributed by atoms with Crippen LogP contribution in [-0.2, 0) is 19.1 Å². The molecular weight excluding hydrogens is 303 g/mol. The lowest BCUT2D eigenvalue weighted by Gasteiger charge is -2.30. The van der Waals surface area contributed by atoms with Crippen LogP contribution in [0.15, 0.2) is 0 Å². The van der Waals surface area contributed by atoms with Gasteiger partial charge in [0.2, 0.25) is 0 Å². The van der Waals surface area contributed by atoms with Gasteiger partial charge in [-0.25, -0.2) is 4.79 Å². The molecule has 0 spiro atoms. The van der Waals surface area contributed by atoms with Crippen molar-refractivity contribution in [2.75, 3.05) is 40.0 Å². The number of ether oxygens (including phenoxy) is 2. The molecule has 0 aromatic rings. The summed E-state index contributed by atoms with van der Waals surface area (Å²) in [6.07, 6.45) is -0.569. The third kappa shape index (κ3) is 7.95. The highest BCUT2D eigenvalue weighted by molar-refractivity contribution is 5.75. The molecule has 0 bridgehead atoms. The average molecular weight is 327 g/mol. The molecule has 130 valence electrons. The van der Waals surface area contributed by atoms with Crippen LogP contribution in [0.25, 0.3) is 0 Å². The standard InChI is InChI=1S/C14H24F3NO4/c1-20-9-3-2-4-10-21-11-12-5-7-18(8-6-12)22-13(19)14(15,16)17/h12H,2-11H2,1H3. The number of carbonyl (C=O) groups is 1. The minimum absolute atomic E-state index is 0.305. The second-order valence-corrected chi connectivity index (χ2v) is 5.38. The van der Waals surface area contributed by atoms with Gasteiger partial charge in [-0.2, -0.15) is 13.2 Å². The van der Waals surface area contributed by atoms with Crippen LogP contribution in [0.2, 0.25) is 0 Å². The van der Waals surface area contributed by atoms with Crippen molar-refractivity contribution >= 4 is 5.97 Å². The number of piperidine rings is 1. The molecule has 0 aromatic carbocycles. The first-order valence-corrected chi connectivity index (χ1v) is 7.54. The zero-order valence-electron chi connectivity index (χ0n) is 12.9. The molecular formula is C14H24F3NO4. The van der Waals surface area contributed by atoms with Crippen LogP contribution in [0.3, 0.4) is 0 Å². The lowest BCUT2D eigenvalue weighted by molar-refractivity contribution is -0.242. The zero-order chi connectivity index (χ0) is 16.4. The van der Waals surface area contributed by atoms with E-state index in [1.54, 1.807) is 7.11 Å². The molecule has 0 aliphatic carbocycles. The van der Waals surface area contributed by atoms with Crippen LogP contribution in [0.5, 0.6) is 0 Å². The van der Waals surface area contributed by atoms with E-state index in [1.807, 2.05) is 0 Å². The lowest BCUT2D eigenvalue weighted by atomic mass is 9.99. The Balaban J connectivity index is 2.04. The number of halogens is 3. The number of methoxy groups -OCH3 is 1. The number of hydrogen-bond donors (Lipinski definition) is 0. The van der Waals surface area contributed by atoms with Crippen molar-refractivity contribution in [1.82, 2.24) is 5.06 Å². The minimum Gasteiger partial charge on any atom is -0.385 e. The number of alkyl halides is 3. The number of nitrogens with zero attached hydrogens (tertiary/aromatic N) is 1. The van der Waals surface area contributed by atoms with Crippen LogP contribution < -0.4 is 0 Å². The molecule has 0 amide bonds. The second-order valence-electron chi connectivity index (χ2n) is 5.38. The van der Waals surface area contributed by atoms with E-state index in [0.717, 1.165) is 30.9 Å². The van der Waals surface area contributed by atoms with Crippen molar-refractivity contribution < 1.29 is 32.3 Å². The van der Waals surface area contributed by atoms with Crippen LogP contribution in [0, 0.1) is 5.92 Å². The van der Waals surface area contributed by atoms with Gasteiger partial charge in [0.25, 0.3) is 0 Å². The number of rotatable bonds is 9.